The van der Waals surface area contributed by atoms with Gasteiger partial charge in [0.05, 0.1) is 36.4 Å². The lowest BCUT2D eigenvalue weighted by Crippen LogP contribution is -2.34. The standard InChI is InChI=1S/C32H29N5O2/c38-32(35-19-24-13-15-33-16-14-24)29-7-4-8-30-31(29)39-18-17-36(30)22-28-20-34-23-37(28)21-25-9-11-27(12-10-25)26-5-2-1-3-6-26/h1-16,20,23H,17-19,21-22H2,(H,35,38). The van der Waals surface area contributed by atoms with Gasteiger partial charge in [0.1, 0.15) is 6.61 Å². The van der Waals surface area contributed by atoms with Gasteiger partial charge in [-0.2, -0.15) is 0 Å². The largest absolute Gasteiger partial charge is 0.489 e. The molecular formula is C32H29N5O2. The fourth-order valence-electron chi connectivity index (χ4n) is 4.87. The van der Waals surface area contributed by atoms with Crippen molar-refractivity contribution in [3.05, 3.63) is 132 Å². The number of carbonyl (C=O) groups excluding carboxylic acids is 1. The van der Waals surface area contributed by atoms with Gasteiger partial charge in [0.15, 0.2) is 5.75 Å². The van der Waals surface area contributed by atoms with Crippen LogP contribution in [-0.2, 0) is 19.6 Å². The van der Waals surface area contributed by atoms with Crippen molar-refractivity contribution in [3.8, 4) is 16.9 Å². The first-order valence-electron chi connectivity index (χ1n) is 13.1. The van der Waals surface area contributed by atoms with Gasteiger partial charge in [-0.1, -0.05) is 60.7 Å². The average Bonchev–Trinajstić information content (AvgIpc) is 3.43. The summed E-state index contributed by atoms with van der Waals surface area (Å²) in [4.78, 5) is 23.8. The fourth-order valence-corrected chi connectivity index (χ4v) is 4.87. The summed E-state index contributed by atoms with van der Waals surface area (Å²) in [5.74, 6) is 0.466. The SMILES string of the molecule is O=C(NCc1ccncc1)c1cccc2c1OCCN2Cc1cncn1Cc1ccc(-c2ccccc2)cc1. The average molecular weight is 516 g/mol. The first kappa shape index (κ1) is 24.4. The molecule has 1 amide bonds. The summed E-state index contributed by atoms with van der Waals surface area (Å²) in [5.41, 5.74) is 7.18. The minimum absolute atomic E-state index is 0.158. The molecule has 7 nitrogen and oxygen atoms in total. The summed E-state index contributed by atoms with van der Waals surface area (Å²) in [5, 5.41) is 3.00. The third kappa shape index (κ3) is 5.52. The van der Waals surface area contributed by atoms with Crippen molar-refractivity contribution >= 4 is 11.6 Å². The summed E-state index contributed by atoms with van der Waals surface area (Å²) in [6.45, 7) is 3.07. The summed E-state index contributed by atoms with van der Waals surface area (Å²) in [6.07, 6.45) is 7.23. The van der Waals surface area contributed by atoms with Crippen LogP contribution in [0.25, 0.3) is 11.1 Å². The molecule has 2 aromatic heterocycles. The number of para-hydroxylation sites is 1. The first-order chi connectivity index (χ1) is 19.2. The first-order valence-corrected chi connectivity index (χ1v) is 13.1. The maximum Gasteiger partial charge on any atom is 0.255 e. The van der Waals surface area contributed by atoms with Crippen molar-refractivity contribution in [2.24, 2.45) is 0 Å². The second-order valence-electron chi connectivity index (χ2n) is 9.54. The molecule has 0 atom stereocenters. The molecule has 7 heteroatoms. The van der Waals surface area contributed by atoms with E-state index in [9.17, 15) is 4.79 Å². The van der Waals surface area contributed by atoms with E-state index in [-0.39, 0.29) is 5.91 Å². The second kappa shape index (κ2) is 11.2. The number of imidazole rings is 1. The molecule has 0 bridgehead atoms. The molecule has 39 heavy (non-hydrogen) atoms. The Hall–Kier alpha value is -4.91. The van der Waals surface area contributed by atoms with Gasteiger partial charge in [-0.15, -0.1) is 0 Å². The van der Waals surface area contributed by atoms with Crippen LogP contribution in [0, 0.1) is 0 Å². The van der Waals surface area contributed by atoms with E-state index >= 15 is 0 Å². The van der Waals surface area contributed by atoms with E-state index in [4.69, 9.17) is 4.74 Å². The minimum Gasteiger partial charge on any atom is -0.489 e. The third-order valence-electron chi connectivity index (χ3n) is 6.95. The van der Waals surface area contributed by atoms with E-state index in [1.165, 1.54) is 16.7 Å². The number of anilines is 1. The van der Waals surface area contributed by atoms with Crippen LogP contribution >= 0.6 is 0 Å². The zero-order chi connectivity index (χ0) is 26.4. The van der Waals surface area contributed by atoms with E-state index in [1.807, 2.05) is 48.9 Å². The van der Waals surface area contributed by atoms with Crippen molar-refractivity contribution in [1.29, 1.82) is 0 Å². The number of hydrogen-bond acceptors (Lipinski definition) is 5. The smallest absolute Gasteiger partial charge is 0.255 e. The van der Waals surface area contributed by atoms with Crippen LogP contribution in [0.15, 0.2) is 110 Å². The zero-order valence-corrected chi connectivity index (χ0v) is 21.5. The van der Waals surface area contributed by atoms with Crippen LogP contribution in [0.4, 0.5) is 5.69 Å². The van der Waals surface area contributed by atoms with E-state index in [0.717, 1.165) is 30.0 Å². The molecule has 0 radical (unpaired) electrons. The number of amides is 1. The lowest BCUT2D eigenvalue weighted by molar-refractivity contribution is 0.0946. The maximum atomic E-state index is 13.0. The van der Waals surface area contributed by atoms with Crippen LogP contribution < -0.4 is 15.0 Å². The molecule has 0 saturated heterocycles. The number of pyridine rings is 1. The lowest BCUT2D eigenvalue weighted by atomic mass is 10.0. The Kier molecular flexibility index (Phi) is 7.03. The number of hydrogen-bond donors (Lipinski definition) is 1. The van der Waals surface area contributed by atoms with Crippen molar-refractivity contribution in [2.45, 2.75) is 19.6 Å². The summed E-state index contributed by atoms with van der Waals surface area (Å²) < 4.78 is 8.19. The number of ether oxygens (including phenoxy) is 1. The van der Waals surface area contributed by atoms with Crippen LogP contribution in [0.5, 0.6) is 5.75 Å². The fraction of sp³-hybridized carbons (Fsp3) is 0.156. The Labute approximate surface area is 227 Å². The van der Waals surface area contributed by atoms with Gasteiger partial charge in [0.25, 0.3) is 5.91 Å². The van der Waals surface area contributed by atoms with Crippen molar-refractivity contribution in [2.75, 3.05) is 18.1 Å². The quantitative estimate of drug-likeness (QED) is 0.303. The second-order valence-corrected chi connectivity index (χ2v) is 9.54. The Morgan fingerprint density at radius 1 is 0.821 bits per heavy atom. The van der Waals surface area contributed by atoms with Crippen LogP contribution in [0.3, 0.4) is 0 Å². The minimum atomic E-state index is -0.158. The number of nitrogens with zero attached hydrogens (tertiary/aromatic N) is 4. The number of carbonyl (C=O) groups is 1. The summed E-state index contributed by atoms with van der Waals surface area (Å²) in [7, 11) is 0. The Balaban J connectivity index is 1.16. The van der Waals surface area contributed by atoms with Crippen LogP contribution in [0.1, 0.15) is 27.2 Å². The molecule has 0 aliphatic carbocycles. The Bertz CT molecular complexity index is 1550. The molecule has 0 spiro atoms. The van der Waals surface area contributed by atoms with E-state index < -0.39 is 0 Å². The normalized spacial score (nSPS) is 12.5. The number of fused-ring (bicyclic) bond motifs is 1. The number of nitrogens with one attached hydrogen (secondary N) is 1. The third-order valence-corrected chi connectivity index (χ3v) is 6.95. The topological polar surface area (TPSA) is 72.3 Å². The molecule has 6 rings (SSSR count). The number of aromatic nitrogens is 3. The van der Waals surface area contributed by atoms with Gasteiger partial charge in [-0.05, 0) is 46.5 Å². The van der Waals surface area contributed by atoms with E-state index in [0.29, 0.717) is 31.0 Å². The predicted octanol–water partition coefficient (Wildman–Crippen LogP) is 5.32. The van der Waals surface area contributed by atoms with Gasteiger partial charge >= 0.3 is 0 Å². The molecule has 0 fully saturated rings. The maximum absolute atomic E-state index is 13.0. The van der Waals surface area contributed by atoms with Gasteiger partial charge in [-0.25, -0.2) is 4.98 Å². The molecule has 3 heterocycles. The van der Waals surface area contributed by atoms with Gasteiger partial charge < -0.3 is 19.5 Å². The van der Waals surface area contributed by atoms with Crippen molar-refractivity contribution < 1.29 is 9.53 Å². The predicted molar refractivity (Wildman–Crippen MR) is 152 cm³/mol. The monoisotopic (exact) mass is 515 g/mol. The molecule has 0 unspecified atom stereocenters. The zero-order valence-electron chi connectivity index (χ0n) is 21.5. The summed E-state index contributed by atoms with van der Waals surface area (Å²) in [6, 6.07) is 28.6. The van der Waals surface area contributed by atoms with Gasteiger partial charge in [0, 0.05) is 31.7 Å². The molecular weight excluding hydrogens is 486 g/mol. The van der Waals surface area contributed by atoms with Crippen molar-refractivity contribution in [1.82, 2.24) is 19.9 Å². The highest BCUT2D eigenvalue weighted by atomic mass is 16.5. The number of rotatable bonds is 8. The molecule has 0 saturated carbocycles. The van der Waals surface area contributed by atoms with E-state index in [2.05, 4.69) is 73.3 Å². The summed E-state index contributed by atoms with van der Waals surface area (Å²) >= 11 is 0. The van der Waals surface area contributed by atoms with Gasteiger partial charge in [-0.3, -0.25) is 9.78 Å². The highest BCUT2D eigenvalue weighted by Crippen LogP contribution is 2.36. The van der Waals surface area contributed by atoms with Crippen molar-refractivity contribution in [3.63, 3.8) is 0 Å². The Morgan fingerprint density at radius 2 is 1.62 bits per heavy atom. The number of benzene rings is 3. The molecule has 1 aliphatic rings. The van der Waals surface area contributed by atoms with Crippen LogP contribution in [-0.4, -0.2) is 33.6 Å². The Morgan fingerprint density at radius 3 is 2.44 bits per heavy atom. The highest BCUT2D eigenvalue weighted by molar-refractivity contribution is 5.99. The molecule has 194 valence electrons. The highest BCUT2D eigenvalue weighted by Gasteiger charge is 2.24. The van der Waals surface area contributed by atoms with E-state index in [1.54, 1.807) is 12.4 Å². The van der Waals surface area contributed by atoms with Gasteiger partial charge in [0.2, 0.25) is 0 Å². The molecule has 3 aromatic carbocycles. The lowest BCUT2D eigenvalue weighted by Gasteiger charge is -2.32. The molecule has 5 aromatic rings. The molecule has 1 aliphatic heterocycles. The van der Waals surface area contributed by atoms with Crippen LogP contribution in [0.2, 0.25) is 0 Å². The molecule has 1 N–H and O–H groups in total.